The Morgan fingerprint density at radius 2 is 1.89 bits per heavy atom. The van der Waals surface area contributed by atoms with Crippen molar-refractivity contribution in [1.82, 2.24) is 4.98 Å². The van der Waals surface area contributed by atoms with Crippen LogP contribution in [-0.2, 0) is 0 Å². The molecule has 92 valence electrons. The molecule has 0 aliphatic heterocycles. The van der Waals surface area contributed by atoms with Crippen molar-refractivity contribution in [2.45, 2.75) is 0 Å². The van der Waals surface area contributed by atoms with Gasteiger partial charge in [0.25, 0.3) is 0 Å². The first kappa shape index (κ1) is 12.0. The van der Waals surface area contributed by atoms with Gasteiger partial charge in [0.05, 0.1) is 5.69 Å². The lowest BCUT2D eigenvalue weighted by molar-refractivity contribution is 0.0697. The molecule has 18 heavy (non-hydrogen) atoms. The van der Waals surface area contributed by atoms with Gasteiger partial charge >= 0.3 is 5.97 Å². The normalized spacial score (nSPS) is 10.1. The Kier molecular flexibility index (Phi) is 3.18. The largest absolute Gasteiger partial charge is 0.478 e. The fourth-order valence-electron chi connectivity index (χ4n) is 1.46. The highest BCUT2D eigenvalue weighted by atomic mass is 19.1. The summed E-state index contributed by atoms with van der Waals surface area (Å²) in [6, 6.07) is 4.27. The van der Waals surface area contributed by atoms with Crippen molar-refractivity contribution in [2.24, 2.45) is 0 Å². The number of nitrogens with zero attached hydrogens (tertiary/aromatic N) is 1. The number of carboxylic acid groups (broad SMARTS) is 1. The average molecular weight is 250 g/mol. The Balaban J connectivity index is 2.37. The molecule has 4 nitrogen and oxygen atoms in total. The molecule has 1 aromatic heterocycles. The van der Waals surface area contributed by atoms with Gasteiger partial charge in [0.15, 0.2) is 0 Å². The van der Waals surface area contributed by atoms with E-state index in [1.54, 1.807) is 0 Å². The Bertz CT molecular complexity index is 582. The summed E-state index contributed by atoms with van der Waals surface area (Å²) in [6.07, 6.45) is 2.53. The number of carbonyl (C=O) groups is 1. The quantitative estimate of drug-likeness (QED) is 0.879. The molecule has 1 aromatic carbocycles. The van der Waals surface area contributed by atoms with Gasteiger partial charge in [-0.1, -0.05) is 0 Å². The number of anilines is 2. The second-order valence-corrected chi connectivity index (χ2v) is 3.51. The second kappa shape index (κ2) is 4.79. The molecule has 2 rings (SSSR count). The monoisotopic (exact) mass is 250 g/mol. The lowest BCUT2D eigenvalue weighted by Gasteiger charge is -2.09. The molecule has 0 saturated carbocycles. The maximum atomic E-state index is 13.0. The number of hydrogen-bond acceptors (Lipinski definition) is 3. The van der Waals surface area contributed by atoms with Crippen LogP contribution in [0.15, 0.2) is 36.7 Å². The third-order valence-corrected chi connectivity index (χ3v) is 2.19. The lowest BCUT2D eigenvalue weighted by Crippen LogP contribution is -2.03. The first-order valence-electron chi connectivity index (χ1n) is 4.96. The smallest absolute Gasteiger partial charge is 0.339 e. The number of nitrogens with one attached hydrogen (secondary N) is 1. The Morgan fingerprint density at radius 1 is 1.22 bits per heavy atom. The standard InChI is InChI=1S/C12H8F2N2O2/c13-7-3-8(14)5-9(4-7)16-11-1-2-15-6-10(11)12(17)18/h1-6H,(H,15,16)(H,17,18). The van der Waals surface area contributed by atoms with Crippen LogP contribution >= 0.6 is 0 Å². The number of carboxylic acids is 1. The van der Waals surface area contributed by atoms with Crippen molar-refractivity contribution in [1.29, 1.82) is 0 Å². The summed E-state index contributed by atoms with van der Waals surface area (Å²) in [4.78, 5) is 14.6. The van der Waals surface area contributed by atoms with Gasteiger partial charge in [-0.05, 0) is 18.2 Å². The van der Waals surface area contributed by atoms with E-state index in [4.69, 9.17) is 5.11 Å². The Hall–Kier alpha value is -2.50. The van der Waals surface area contributed by atoms with Crippen molar-refractivity contribution in [3.8, 4) is 0 Å². The number of rotatable bonds is 3. The molecule has 0 amide bonds. The van der Waals surface area contributed by atoms with E-state index in [9.17, 15) is 13.6 Å². The van der Waals surface area contributed by atoms with Crippen LogP contribution < -0.4 is 5.32 Å². The van der Waals surface area contributed by atoms with Crippen LogP contribution in [0.2, 0.25) is 0 Å². The number of pyridine rings is 1. The molecule has 0 bridgehead atoms. The van der Waals surface area contributed by atoms with E-state index in [1.165, 1.54) is 12.3 Å². The zero-order chi connectivity index (χ0) is 13.1. The van der Waals surface area contributed by atoms with Gasteiger partial charge in [-0.25, -0.2) is 13.6 Å². The minimum atomic E-state index is -1.18. The first-order chi connectivity index (χ1) is 8.56. The molecule has 6 heteroatoms. The molecule has 0 unspecified atom stereocenters. The van der Waals surface area contributed by atoms with Crippen LogP contribution in [0.5, 0.6) is 0 Å². The summed E-state index contributed by atoms with van der Waals surface area (Å²) >= 11 is 0. The van der Waals surface area contributed by atoms with Crippen LogP contribution in [0.25, 0.3) is 0 Å². The molecule has 2 aromatic rings. The summed E-state index contributed by atoms with van der Waals surface area (Å²) in [5.41, 5.74) is 0.255. The molecule has 0 fully saturated rings. The molecule has 2 N–H and O–H groups in total. The van der Waals surface area contributed by atoms with Crippen molar-refractivity contribution >= 4 is 17.3 Å². The van der Waals surface area contributed by atoms with E-state index in [-0.39, 0.29) is 16.9 Å². The number of halogens is 2. The van der Waals surface area contributed by atoms with Gasteiger partial charge in [-0.3, -0.25) is 4.98 Å². The Labute approximate surface area is 101 Å². The van der Waals surface area contributed by atoms with Gasteiger partial charge < -0.3 is 10.4 Å². The van der Waals surface area contributed by atoms with Crippen LogP contribution in [0, 0.1) is 11.6 Å². The van der Waals surface area contributed by atoms with Crippen LogP contribution in [0.1, 0.15) is 10.4 Å². The summed E-state index contributed by atoms with van der Waals surface area (Å²) in [5, 5.41) is 11.6. The van der Waals surface area contributed by atoms with Crippen LogP contribution in [0.3, 0.4) is 0 Å². The summed E-state index contributed by atoms with van der Waals surface area (Å²) in [6.45, 7) is 0. The van der Waals surface area contributed by atoms with Gasteiger partial charge in [0, 0.05) is 24.1 Å². The summed E-state index contributed by atoms with van der Waals surface area (Å²) in [7, 11) is 0. The highest BCUT2D eigenvalue weighted by Crippen LogP contribution is 2.21. The minimum Gasteiger partial charge on any atom is -0.478 e. The minimum absolute atomic E-state index is 0.0813. The van der Waals surface area contributed by atoms with E-state index in [1.807, 2.05) is 0 Å². The topological polar surface area (TPSA) is 62.2 Å². The summed E-state index contributed by atoms with van der Waals surface area (Å²) in [5.74, 6) is -2.67. The zero-order valence-electron chi connectivity index (χ0n) is 9.02. The predicted molar refractivity (Wildman–Crippen MR) is 60.8 cm³/mol. The Morgan fingerprint density at radius 3 is 2.50 bits per heavy atom. The van der Waals surface area contributed by atoms with Crippen LogP contribution in [0.4, 0.5) is 20.2 Å². The van der Waals surface area contributed by atoms with Gasteiger partial charge in [-0.2, -0.15) is 0 Å². The molecule has 0 saturated heterocycles. The van der Waals surface area contributed by atoms with Crippen molar-refractivity contribution in [3.63, 3.8) is 0 Å². The molecule has 1 heterocycles. The highest BCUT2D eigenvalue weighted by molar-refractivity contribution is 5.94. The molecule has 0 aliphatic carbocycles. The number of hydrogen-bond donors (Lipinski definition) is 2. The molecule has 0 atom stereocenters. The molecule has 0 aliphatic rings. The second-order valence-electron chi connectivity index (χ2n) is 3.51. The third kappa shape index (κ3) is 2.60. The third-order valence-electron chi connectivity index (χ3n) is 2.19. The predicted octanol–water partition coefficient (Wildman–Crippen LogP) is 2.80. The lowest BCUT2D eigenvalue weighted by atomic mass is 10.2. The van der Waals surface area contributed by atoms with Crippen LogP contribution in [-0.4, -0.2) is 16.1 Å². The van der Waals surface area contributed by atoms with E-state index in [0.717, 1.165) is 24.4 Å². The number of benzene rings is 1. The van der Waals surface area contributed by atoms with Gasteiger partial charge in [0.2, 0.25) is 0 Å². The summed E-state index contributed by atoms with van der Waals surface area (Å²) < 4.78 is 26.0. The fourth-order valence-corrected chi connectivity index (χ4v) is 1.46. The van der Waals surface area contributed by atoms with E-state index < -0.39 is 17.6 Å². The van der Waals surface area contributed by atoms with E-state index in [0.29, 0.717) is 0 Å². The van der Waals surface area contributed by atoms with Gasteiger partial charge in [0.1, 0.15) is 17.2 Å². The number of aromatic nitrogens is 1. The molecular weight excluding hydrogens is 242 g/mol. The van der Waals surface area contributed by atoms with Gasteiger partial charge in [-0.15, -0.1) is 0 Å². The van der Waals surface area contributed by atoms with Crippen molar-refractivity contribution in [3.05, 3.63) is 53.9 Å². The molecule has 0 radical (unpaired) electrons. The molecule has 0 spiro atoms. The van der Waals surface area contributed by atoms with E-state index >= 15 is 0 Å². The molecular formula is C12H8F2N2O2. The van der Waals surface area contributed by atoms with Crippen molar-refractivity contribution in [2.75, 3.05) is 5.32 Å². The van der Waals surface area contributed by atoms with E-state index in [2.05, 4.69) is 10.3 Å². The highest BCUT2D eigenvalue weighted by Gasteiger charge is 2.10. The maximum Gasteiger partial charge on any atom is 0.339 e. The maximum absolute atomic E-state index is 13.0. The zero-order valence-corrected chi connectivity index (χ0v) is 9.02. The van der Waals surface area contributed by atoms with Crippen molar-refractivity contribution < 1.29 is 18.7 Å². The number of aromatic carboxylic acids is 1. The fraction of sp³-hybridized carbons (Fsp3) is 0. The first-order valence-corrected chi connectivity index (χ1v) is 4.96. The SMILES string of the molecule is O=C(O)c1cnccc1Nc1cc(F)cc(F)c1. The average Bonchev–Trinajstić information content (AvgIpc) is 2.27.